The van der Waals surface area contributed by atoms with Gasteiger partial charge in [-0.1, -0.05) is 24.9 Å². The lowest BCUT2D eigenvalue weighted by atomic mass is 10.1. The van der Waals surface area contributed by atoms with Gasteiger partial charge in [0.2, 0.25) is 0 Å². The van der Waals surface area contributed by atoms with Gasteiger partial charge in [0.25, 0.3) is 11.8 Å². The predicted octanol–water partition coefficient (Wildman–Crippen LogP) is 3.42. The molecule has 3 N–H and O–H groups in total. The number of primary amides is 1. The van der Waals surface area contributed by atoms with Gasteiger partial charge in [-0.2, -0.15) is 0 Å². The van der Waals surface area contributed by atoms with Gasteiger partial charge in [-0.15, -0.1) is 0 Å². The van der Waals surface area contributed by atoms with Gasteiger partial charge in [0, 0.05) is 11.3 Å². The summed E-state index contributed by atoms with van der Waals surface area (Å²) in [7, 11) is 1.38. The first-order chi connectivity index (χ1) is 14.3. The minimum atomic E-state index is -0.673. The molecule has 0 bridgehead atoms. The van der Waals surface area contributed by atoms with E-state index in [1.807, 2.05) is 6.92 Å². The van der Waals surface area contributed by atoms with Crippen molar-refractivity contribution in [3.8, 4) is 11.5 Å². The molecule has 0 unspecified atom stereocenters. The second-order valence-electron chi connectivity index (χ2n) is 6.27. The maximum atomic E-state index is 12.6. The number of carbonyl (C=O) groups is 3. The maximum Gasteiger partial charge on any atom is 0.338 e. The monoisotopic (exact) mass is 434 g/mol. The molecular weight excluding hydrogens is 412 g/mol. The van der Waals surface area contributed by atoms with Gasteiger partial charge in [0.15, 0.2) is 18.1 Å². The van der Waals surface area contributed by atoms with Crippen molar-refractivity contribution in [2.24, 2.45) is 5.73 Å². The Morgan fingerprint density at radius 1 is 1.10 bits per heavy atom. The highest BCUT2D eigenvalue weighted by molar-refractivity contribution is 6.32. The Hall–Kier alpha value is -3.26. The van der Waals surface area contributed by atoms with Crippen molar-refractivity contribution in [3.05, 3.63) is 52.5 Å². The summed E-state index contributed by atoms with van der Waals surface area (Å²) < 4.78 is 15.6. The summed E-state index contributed by atoms with van der Waals surface area (Å²) in [4.78, 5) is 35.4. The van der Waals surface area contributed by atoms with Crippen molar-refractivity contribution < 1.29 is 28.6 Å². The molecule has 0 fully saturated rings. The van der Waals surface area contributed by atoms with Gasteiger partial charge in [0.05, 0.1) is 24.3 Å². The van der Waals surface area contributed by atoms with Gasteiger partial charge in [-0.3, -0.25) is 9.59 Å². The van der Waals surface area contributed by atoms with E-state index >= 15 is 0 Å². The summed E-state index contributed by atoms with van der Waals surface area (Å²) in [5, 5.41) is 2.79. The van der Waals surface area contributed by atoms with Crippen LogP contribution in [-0.4, -0.2) is 38.1 Å². The molecule has 0 atom stereocenters. The van der Waals surface area contributed by atoms with Gasteiger partial charge < -0.3 is 25.3 Å². The van der Waals surface area contributed by atoms with E-state index < -0.39 is 17.8 Å². The highest BCUT2D eigenvalue weighted by Gasteiger charge is 2.17. The molecule has 2 aromatic carbocycles. The van der Waals surface area contributed by atoms with E-state index in [2.05, 4.69) is 5.32 Å². The largest absolute Gasteiger partial charge is 0.493 e. The van der Waals surface area contributed by atoms with Crippen molar-refractivity contribution in [3.63, 3.8) is 0 Å². The molecule has 0 saturated carbocycles. The van der Waals surface area contributed by atoms with Crippen LogP contribution >= 0.6 is 11.6 Å². The Morgan fingerprint density at radius 3 is 2.40 bits per heavy atom. The van der Waals surface area contributed by atoms with Crippen LogP contribution < -0.4 is 20.5 Å². The number of nitrogens with one attached hydrogen (secondary N) is 1. The number of nitrogens with two attached hydrogens (primary N) is 1. The molecule has 0 aliphatic rings. The molecule has 0 aliphatic carbocycles. The zero-order valence-electron chi connectivity index (χ0n) is 16.7. The van der Waals surface area contributed by atoms with Gasteiger partial charge in [-0.05, 0) is 42.8 Å². The lowest BCUT2D eigenvalue weighted by Gasteiger charge is -2.13. The van der Waals surface area contributed by atoms with Crippen molar-refractivity contribution in [2.45, 2.75) is 19.8 Å². The van der Waals surface area contributed by atoms with Crippen LogP contribution in [0, 0.1) is 0 Å². The summed E-state index contributed by atoms with van der Waals surface area (Å²) in [5.41, 5.74) is 6.15. The van der Waals surface area contributed by atoms with Gasteiger partial charge in [-0.25, -0.2) is 4.79 Å². The van der Waals surface area contributed by atoms with Crippen LogP contribution in [0.15, 0.2) is 36.4 Å². The number of benzene rings is 2. The summed E-state index contributed by atoms with van der Waals surface area (Å²) in [6.07, 6.45) is 1.74. The summed E-state index contributed by atoms with van der Waals surface area (Å²) >= 11 is 6.16. The Bertz CT molecular complexity index is 914. The van der Waals surface area contributed by atoms with E-state index in [0.29, 0.717) is 17.9 Å². The van der Waals surface area contributed by atoms with Crippen LogP contribution in [0.25, 0.3) is 0 Å². The van der Waals surface area contributed by atoms with Crippen LogP contribution in [0.2, 0.25) is 5.02 Å². The molecule has 0 aliphatic heterocycles. The lowest BCUT2D eigenvalue weighted by molar-refractivity contribution is -0.119. The Labute approximate surface area is 179 Å². The van der Waals surface area contributed by atoms with Crippen LogP contribution in [0.4, 0.5) is 5.69 Å². The third kappa shape index (κ3) is 6.38. The van der Waals surface area contributed by atoms with Gasteiger partial charge in [0.1, 0.15) is 0 Å². The number of carbonyl (C=O) groups excluding carboxylic acids is 3. The quantitative estimate of drug-likeness (QED) is 0.437. The Balaban J connectivity index is 2.09. The van der Waals surface area contributed by atoms with E-state index in [4.69, 9.17) is 31.5 Å². The topological polar surface area (TPSA) is 117 Å². The fraction of sp³-hybridized carbons (Fsp3) is 0.286. The third-order valence-electron chi connectivity index (χ3n) is 3.96. The van der Waals surface area contributed by atoms with E-state index in [9.17, 15) is 14.4 Å². The highest BCUT2D eigenvalue weighted by atomic mass is 35.5. The number of methoxy groups -OCH3 is 1. The smallest absolute Gasteiger partial charge is 0.338 e. The number of amides is 2. The number of hydrogen-bond donors (Lipinski definition) is 2. The number of ether oxygens (including phenoxy) is 3. The Kier molecular flexibility index (Phi) is 8.49. The van der Waals surface area contributed by atoms with Crippen molar-refractivity contribution in [2.75, 3.05) is 25.6 Å². The molecule has 0 heterocycles. The van der Waals surface area contributed by atoms with Crippen LogP contribution in [0.5, 0.6) is 11.5 Å². The number of anilines is 1. The Morgan fingerprint density at radius 2 is 1.80 bits per heavy atom. The standard InChI is InChI=1S/C21H23ClN2O6/c1-3-4-9-29-21(27)13-5-7-15(8-6-13)24-20(26)14-10-16(22)19(17(11-14)28-2)30-12-18(23)25/h5-8,10-11H,3-4,9,12H2,1-2H3,(H2,23,25)(H,24,26). The summed E-state index contributed by atoms with van der Waals surface area (Å²) in [5.74, 6) is -1.24. The number of esters is 1. The van der Waals surface area contributed by atoms with Crippen LogP contribution in [0.1, 0.15) is 40.5 Å². The average molecular weight is 435 g/mol. The molecule has 0 radical (unpaired) electrons. The highest BCUT2D eigenvalue weighted by Crippen LogP contribution is 2.36. The number of rotatable bonds is 10. The fourth-order valence-electron chi connectivity index (χ4n) is 2.42. The SMILES string of the molecule is CCCCOC(=O)c1ccc(NC(=O)c2cc(Cl)c(OCC(N)=O)c(OC)c2)cc1. The second kappa shape index (κ2) is 11.1. The molecule has 0 saturated heterocycles. The molecule has 0 spiro atoms. The molecule has 30 heavy (non-hydrogen) atoms. The first-order valence-corrected chi connectivity index (χ1v) is 9.60. The lowest BCUT2D eigenvalue weighted by Crippen LogP contribution is -2.20. The summed E-state index contributed by atoms with van der Waals surface area (Å²) in [6, 6.07) is 9.14. The molecule has 0 aromatic heterocycles. The molecule has 160 valence electrons. The minimum absolute atomic E-state index is 0.0888. The van der Waals surface area contributed by atoms with Crippen LogP contribution in [0.3, 0.4) is 0 Å². The van der Waals surface area contributed by atoms with Crippen LogP contribution in [-0.2, 0) is 9.53 Å². The van der Waals surface area contributed by atoms with E-state index in [1.165, 1.54) is 19.2 Å². The first kappa shape index (κ1) is 23.0. The third-order valence-corrected chi connectivity index (χ3v) is 4.24. The van der Waals surface area contributed by atoms with E-state index in [1.54, 1.807) is 24.3 Å². The van der Waals surface area contributed by atoms with Crippen molar-refractivity contribution in [1.82, 2.24) is 0 Å². The summed E-state index contributed by atoms with van der Waals surface area (Å²) in [6.45, 7) is 2.00. The number of unbranched alkanes of at least 4 members (excludes halogenated alkanes) is 1. The molecular formula is C21H23ClN2O6. The van der Waals surface area contributed by atoms with Gasteiger partial charge >= 0.3 is 5.97 Å². The predicted molar refractivity (Wildman–Crippen MR) is 112 cm³/mol. The second-order valence-corrected chi connectivity index (χ2v) is 6.67. The molecule has 2 rings (SSSR count). The fourth-order valence-corrected chi connectivity index (χ4v) is 2.68. The molecule has 9 heteroatoms. The molecule has 2 aromatic rings. The normalized spacial score (nSPS) is 10.2. The van der Waals surface area contributed by atoms with Crippen molar-refractivity contribution >= 4 is 35.1 Å². The minimum Gasteiger partial charge on any atom is -0.493 e. The zero-order chi connectivity index (χ0) is 22.1. The molecule has 8 nitrogen and oxygen atoms in total. The maximum absolute atomic E-state index is 12.6. The number of halogens is 1. The van der Waals surface area contributed by atoms with Crippen molar-refractivity contribution in [1.29, 1.82) is 0 Å². The number of hydrogen-bond acceptors (Lipinski definition) is 6. The average Bonchev–Trinajstić information content (AvgIpc) is 2.72. The first-order valence-electron chi connectivity index (χ1n) is 9.22. The zero-order valence-corrected chi connectivity index (χ0v) is 17.5. The molecule has 2 amide bonds. The van der Waals surface area contributed by atoms with E-state index in [0.717, 1.165) is 12.8 Å². The van der Waals surface area contributed by atoms with E-state index in [-0.39, 0.29) is 28.7 Å².